The molecule has 0 aliphatic rings. The second kappa shape index (κ2) is 6.60. The maximum absolute atomic E-state index is 12.5. The van der Waals surface area contributed by atoms with Crippen LogP contribution < -0.4 is 0 Å². The largest absolute Gasteiger partial charge is 0.335 e. The van der Waals surface area contributed by atoms with Gasteiger partial charge in [-0.05, 0) is 24.6 Å². The molecule has 1 atom stereocenters. The molecular formula is C14H12Cl3N3O. The smallest absolute Gasteiger partial charge is 0.257 e. The summed E-state index contributed by atoms with van der Waals surface area (Å²) in [5, 5.41) is 7.96. The lowest BCUT2D eigenvalue weighted by Crippen LogP contribution is -2.30. The first-order valence-electron chi connectivity index (χ1n) is 6.12. The van der Waals surface area contributed by atoms with Crippen molar-refractivity contribution < 1.29 is 4.79 Å². The van der Waals surface area contributed by atoms with Crippen molar-refractivity contribution in [1.29, 1.82) is 0 Å². The Bertz CT molecular complexity index is 678. The van der Waals surface area contributed by atoms with E-state index >= 15 is 0 Å². The third-order valence-electron chi connectivity index (χ3n) is 3.21. The van der Waals surface area contributed by atoms with E-state index < -0.39 is 0 Å². The van der Waals surface area contributed by atoms with E-state index in [0.717, 1.165) is 5.56 Å². The van der Waals surface area contributed by atoms with Crippen LogP contribution in [0.15, 0.2) is 30.3 Å². The fourth-order valence-corrected chi connectivity index (χ4v) is 2.51. The predicted octanol–water partition coefficient (Wildman–Crippen LogP) is 4.27. The summed E-state index contributed by atoms with van der Waals surface area (Å²) in [4.78, 5) is 14.0. The molecule has 1 heterocycles. The molecule has 0 saturated carbocycles. The highest BCUT2D eigenvalue weighted by Gasteiger charge is 2.23. The van der Waals surface area contributed by atoms with Crippen LogP contribution in [-0.4, -0.2) is 28.1 Å². The zero-order chi connectivity index (χ0) is 15.6. The lowest BCUT2D eigenvalue weighted by molar-refractivity contribution is 0.0742. The van der Waals surface area contributed by atoms with E-state index in [2.05, 4.69) is 10.2 Å². The van der Waals surface area contributed by atoms with Crippen LogP contribution in [0.2, 0.25) is 15.3 Å². The van der Waals surface area contributed by atoms with E-state index in [-0.39, 0.29) is 27.8 Å². The molecule has 1 aromatic heterocycles. The molecule has 1 unspecified atom stereocenters. The average molecular weight is 345 g/mol. The van der Waals surface area contributed by atoms with Gasteiger partial charge in [0.2, 0.25) is 0 Å². The molecule has 0 fully saturated rings. The summed E-state index contributed by atoms with van der Waals surface area (Å²) in [6.45, 7) is 1.88. The number of carbonyl (C=O) groups is 1. The van der Waals surface area contributed by atoms with E-state index in [0.29, 0.717) is 5.02 Å². The number of amides is 1. The number of hydrogen-bond donors (Lipinski definition) is 0. The average Bonchev–Trinajstić information content (AvgIpc) is 2.48. The van der Waals surface area contributed by atoms with Crippen LogP contribution in [0.1, 0.15) is 28.9 Å². The Morgan fingerprint density at radius 1 is 1.19 bits per heavy atom. The number of aromatic nitrogens is 2. The first-order valence-corrected chi connectivity index (χ1v) is 7.25. The Hall–Kier alpha value is -1.36. The number of nitrogens with zero attached hydrogens (tertiary/aromatic N) is 3. The highest BCUT2D eigenvalue weighted by molar-refractivity contribution is 6.34. The standard InChI is InChI=1S/C14H12Cl3N3O/c1-8(9-5-3-4-6-11(9)15)20(2)14(21)10-7-12(16)18-19-13(10)17/h3-8H,1-2H3. The number of hydrogen-bond acceptors (Lipinski definition) is 3. The molecular weight excluding hydrogens is 333 g/mol. The van der Waals surface area contributed by atoms with E-state index in [1.54, 1.807) is 13.1 Å². The fourth-order valence-electron chi connectivity index (χ4n) is 1.89. The van der Waals surface area contributed by atoms with Crippen molar-refractivity contribution in [1.82, 2.24) is 15.1 Å². The maximum Gasteiger partial charge on any atom is 0.257 e. The second-order valence-corrected chi connectivity index (χ2v) is 5.64. The quantitative estimate of drug-likeness (QED) is 0.835. The lowest BCUT2D eigenvalue weighted by Gasteiger charge is -2.26. The third-order valence-corrected chi connectivity index (χ3v) is 4.01. The molecule has 0 aliphatic carbocycles. The molecule has 1 amide bonds. The van der Waals surface area contributed by atoms with Crippen LogP contribution in [0.25, 0.3) is 0 Å². The van der Waals surface area contributed by atoms with Gasteiger partial charge in [0, 0.05) is 12.1 Å². The van der Waals surface area contributed by atoms with E-state index in [4.69, 9.17) is 34.8 Å². The lowest BCUT2D eigenvalue weighted by atomic mass is 10.1. The van der Waals surface area contributed by atoms with Crippen molar-refractivity contribution in [2.24, 2.45) is 0 Å². The van der Waals surface area contributed by atoms with Gasteiger partial charge < -0.3 is 4.90 Å². The molecule has 4 nitrogen and oxygen atoms in total. The van der Waals surface area contributed by atoms with Crippen molar-refractivity contribution >= 4 is 40.7 Å². The summed E-state index contributed by atoms with van der Waals surface area (Å²) in [6.07, 6.45) is 0. The summed E-state index contributed by atoms with van der Waals surface area (Å²) in [5.41, 5.74) is 1.05. The molecule has 110 valence electrons. The molecule has 21 heavy (non-hydrogen) atoms. The van der Waals surface area contributed by atoms with Gasteiger partial charge in [0.25, 0.3) is 5.91 Å². The third kappa shape index (κ3) is 3.46. The number of rotatable bonds is 3. The van der Waals surface area contributed by atoms with Gasteiger partial charge in [-0.1, -0.05) is 53.0 Å². The van der Waals surface area contributed by atoms with Crippen molar-refractivity contribution in [2.45, 2.75) is 13.0 Å². The first kappa shape index (κ1) is 16.0. The van der Waals surface area contributed by atoms with Gasteiger partial charge in [0.15, 0.2) is 10.3 Å². The normalized spacial score (nSPS) is 12.0. The highest BCUT2D eigenvalue weighted by Crippen LogP contribution is 2.28. The van der Waals surface area contributed by atoms with Crippen molar-refractivity contribution in [3.8, 4) is 0 Å². The fraction of sp³-hybridized carbons (Fsp3) is 0.214. The van der Waals surface area contributed by atoms with Crippen molar-refractivity contribution in [3.63, 3.8) is 0 Å². The van der Waals surface area contributed by atoms with E-state index in [1.807, 2.05) is 25.1 Å². The topological polar surface area (TPSA) is 46.1 Å². The summed E-state index contributed by atoms with van der Waals surface area (Å²) in [7, 11) is 1.67. The predicted molar refractivity (Wildman–Crippen MR) is 84.0 cm³/mol. The van der Waals surface area contributed by atoms with Crippen molar-refractivity contribution in [2.75, 3.05) is 7.05 Å². The Balaban J connectivity index is 2.31. The molecule has 0 bridgehead atoms. The van der Waals surface area contributed by atoms with Gasteiger partial charge in [0.1, 0.15) is 0 Å². The zero-order valence-electron chi connectivity index (χ0n) is 11.3. The van der Waals surface area contributed by atoms with Crippen LogP contribution in [0.3, 0.4) is 0 Å². The van der Waals surface area contributed by atoms with Crippen molar-refractivity contribution in [3.05, 3.63) is 56.8 Å². The Kier molecular flexibility index (Phi) is 5.04. The first-order chi connectivity index (χ1) is 9.91. The van der Waals surface area contributed by atoms with Crippen LogP contribution in [0, 0.1) is 0 Å². The van der Waals surface area contributed by atoms with Crippen LogP contribution >= 0.6 is 34.8 Å². The Labute approximate surface area is 137 Å². The summed E-state index contributed by atoms with van der Waals surface area (Å²) in [6, 6.07) is 8.53. The summed E-state index contributed by atoms with van der Waals surface area (Å²) < 4.78 is 0. The van der Waals surface area contributed by atoms with Gasteiger partial charge in [-0.15, -0.1) is 10.2 Å². The second-order valence-electron chi connectivity index (χ2n) is 4.49. The minimum Gasteiger partial charge on any atom is -0.335 e. The van der Waals surface area contributed by atoms with E-state index in [9.17, 15) is 4.79 Å². The van der Waals surface area contributed by atoms with Gasteiger partial charge in [-0.3, -0.25) is 4.79 Å². The summed E-state index contributed by atoms with van der Waals surface area (Å²) >= 11 is 17.8. The monoisotopic (exact) mass is 343 g/mol. The van der Waals surface area contributed by atoms with Gasteiger partial charge >= 0.3 is 0 Å². The summed E-state index contributed by atoms with van der Waals surface area (Å²) in [5.74, 6) is -0.302. The highest BCUT2D eigenvalue weighted by atomic mass is 35.5. The van der Waals surface area contributed by atoms with Gasteiger partial charge in [-0.25, -0.2) is 0 Å². The van der Waals surface area contributed by atoms with Gasteiger partial charge in [0.05, 0.1) is 11.6 Å². The molecule has 0 radical (unpaired) electrons. The molecule has 0 N–H and O–H groups in total. The maximum atomic E-state index is 12.5. The van der Waals surface area contributed by atoms with Crippen LogP contribution in [0.4, 0.5) is 0 Å². The number of benzene rings is 1. The molecule has 0 saturated heterocycles. The molecule has 1 aromatic carbocycles. The molecule has 7 heteroatoms. The minimum atomic E-state index is -0.302. The molecule has 0 aliphatic heterocycles. The number of halogens is 3. The van der Waals surface area contributed by atoms with Crippen LogP contribution in [0.5, 0.6) is 0 Å². The number of carbonyl (C=O) groups excluding carboxylic acids is 1. The zero-order valence-corrected chi connectivity index (χ0v) is 13.6. The van der Waals surface area contributed by atoms with E-state index in [1.165, 1.54) is 11.0 Å². The molecule has 2 aromatic rings. The minimum absolute atomic E-state index is 0.0163. The van der Waals surface area contributed by atoms with Crippen LogP contribution in [-0.2, 0) is 0 Å². The Morgan fingerprint density at radius 3 is 2.52 bits per heavy atom. The SMILES string of the molecule is CC(c1ccccc1Cl)N(C)C(=O)c1cc(Cl)nnc1Cl. The van der Waals surface area contributed by atoms with Gasteiger partial charge in [-0.2, -0.15) is 0 Å². The Morgan fingerprint density at radius 2 is 1.86 bits per heavy atom. The molecule has 0 spiro atoms. The molecule has 2 rings (SSSR count).